The van der Waals surface area contributed by atoms with E-state index in [1.165, 1.54) is 0 Å². The molecule has 0 radical (unpaired) electrons. The van der Waals surface area contributed by atoms with Crippen LogP contribution in [0.3, 0.4) is 0 Å². The maximum Gasteiger partial charge on any atom is 0.0826 e. The second-order valence-corrected chi connectivity index (χ2v) is 3.30. The number of rotatable bonds is 2. The first kappa shape index (κ1) is 17.2. The lowest BCUT2D eigenvalue weighted by molar-refractivity contribution is 0.384. The fourth-order valence-corrected chi connectivity index (χ4v) is 1.77. The second kappa shape index (κ2) is 9.15. The molecule has 0 aliphatic heterocycles. The highest BCUT2D eigenvalue weighted by Gasteiger charge is 2.11. The molecule has 19 heavy (non-hydrogen) atoms. The molecule has 1 heterocycles. The summed E-state index contributed by atoms with van der Waals surface area (Å²) in [5, 5.41) is 0.892. The number of fused-ring (bicyclic) bond motifs is 1. The molecule has 0 unspecified atom stereocenters. The molecule has 0 N–H and O–H groups in total. The van der Waals surface area contributed by atoms with E-state index >= 15 is 0 Å². The van der Waals surface area contributed by atoms with E-state index in [9.17, 15) is 4.48 Å². The largest absolute Gasteiger partial charge is 0.179 e. The molecule has 104 valence electrons. The Morgan fingerprint density at radius 3 is 2.21 bits per heavy atom. The zero-order valence-electron chi connectivity index (χ0n) is 12.6. The number of para-hydroxylation sites is 1. The van der Waals surface area contributed by atoms with Crippen molar-refractivity contribution < 1.29 is 4.48 Å². The molecule has 0 saturated heterocycles. The van der Waals surface area contributed by atoms with Crippen LogP contribution < -0.4 is 0 Å². The van der Waals surface area contributed by atoms with Gasteiger partial charge in [-0.1, -0.05) is 69.1 Å². The van der Waals surface area contributed by atoms with Crippen molar-refractivity contribution in [3.63, 3.8) is 0 Å². The maximum atomic E-state index is 13.9. The van der Waals surface area contributed by atoms with Gasteiger partial charge in [-0.25, -0.2) is 0 Å². The molecule has 0 atom stereocenters. The Kier molecular flexibility index (Phi) is 8.27. The van der Waals surface area contributed by atoms with E-state index in [1.54, 1.807) is 18.2 Å². The monoisotopic (exact) mass is 261 g/mol. The van der Waals surface area contributed by atoms with Gasteiger partial charge in [0.15, 0.2) is 0 Å². The average molecular weight is 261 g/mol. The minimum atomic E-state index is 0.550. The summed E-state index contributed by atoms with van der Waals surface area (Å²) in [7, 11) is 0. The quantitative estimate of drug-likeness (QED) is 0.615. The summed E-state index contributed by atoms with van der Waals surface area (Å²) < 4.78 is 13.9. The smallest absolute Gasteiger partial charge is 0.0826 e. The second-order valence-electron chi connectivity index (χ2n) is 3.30. The number of hydrogen-bond acceptors (Lipinski definition) is 0. The van der Waals surface area contributed by atoms with Crippen molar-refractivity contribution in [1.29, 1.82) is 0 Å². The first-order valence-corrected chi connectivity index (χ1v) is 6.84. The standard InChI is InChI=1S/C13H12FN.2C2H6/c1-3-7-12-10(4-2)11-8-5-6-9-13(11)15(12)14;2*1-2/h3-9H,2H2,1H3;2*1-2H3/b7-3-;;. The van der Waals surface area contributed by atoms with Crippen molar-refractivity contribution in [1.82, 2.24) is 4.79 Å². The molecule has 0 saturated carbocycles. The van der Waals surface area contributed by atoms with Gasteiger partial charge < -0.3 is 0 Å². The minimum Gasteiger partial charge on any atom is -0.179 e. The normalized spacial score (nSPS) is 9.58. The highest BCUT2D eigenvalue weighted by molar-refractivity contribution is 5.93. The highest BCUT2D eigenvalue weighted by atomic mass is 19.2. The molecule has 0 fully saturated rings. The number of hydrogen-bond donors (Lipinski definition) is 0. The third-order valence-electron chi connectivity index (χ3n) is 2.42. The Morgan fingerprint density at radius 2 is 1.68 bits per heavy atom. The predicted octanol–water partition coefficient (Wildman–Crippen LogP) is 6.10. The lowest BCUT2D eigenvalue weighted by Crippen LogP contribution is -1.85. The zero-order valence-corrected chi connectivity index (χ0v) is 12.6. The summed E-state index contributed by atoms with van der Waals surface area (Å²) in [6, 6.07) is 7.38. The molecular formula is C17H24FN. The van der Waals surface area contributed by atoms with E-state index in [2.05, 4.69) is 6.58 Å². The molecule has 1 aromatic heterocycles. The number of nitrogens with zero attached hydrogens (tertiary/aromatic N) is 1. The van der Waals surface area contributed by atoms with Crippen LogP contribution in [0.25, 0.3) is 23.1 Å². The van der Waals surface area contributed by atoms with Gasteiger partial charge in [0.2, 0.25) is 0 Å². The Labute approximate surface area is 116 Å². The molecule has 0 amide bonds. The summed E-state index contributed by atoms with van der Waals surface area (Å²) in [6.07, 6.45) is 5.25. The van der Waals surface area contributed by atoms with Crippen LogP contribution in [-0.2, 0) is 0 Å². The Balaban J connectivity index is 0.000000741. The van der Waals surface area contributed by atoms with Crippen LogP contribution in [-0.4, -0.2) is 4.79 Å². The lowest BCUT2D eigenvalue weighted by atomic mass is 10.1. The van der Waals surface area contributed by atoms with E-state index < -0.39 is 0 Å². The Morgan fingerprint density at radius 1 is 1.11 bits per heavy atom. The number of benzene rings is 1. The minimum absolute atomic E-state index is 0.550. The van der Waals surface area contributed by atoms with Gasteiger partial charge in [-0.2, -0.15) is 4.79 Å². The summed E-state index contributed by atoms with van der Waals surface area (Å²) in [4.78, 5) is 0.701. The van der Waals surface area contributed by atoms with Crippen LogP contribution in [0, 0.1) is 0 Å². The van der Waals surface area contributed by atoms with Gasteiger partial charge in [0.1, 0.15) is 0 Å². The topological polar surface area (TPSA) is 4.93 Å². The van der Waals surface area contributed by atoms with Crippen molar-refractivity contribution in [3.8, 4) is 0 Å². The highest BCUT2D eigenvalue weighted by Crippen LogP contribution is 2.28. The molecule has 0 aliphatic carbocycles. The van der Waals surface area contributed by atoms with Gasteiger partial charge in [-0.15, -0.1) is 0 Å². The molecule has 2 heteroatoms. The van der Waals surface area contributed by atoms with Gasteiger partial charge in [0, 0.05) is 10.9 Å². The van der Waals surface area contributed by atoms with Crippen molar-refractivity contribution >= 4 is 23.1 Å². The lowest BCUT2D eigenvalue weighted by Gasteiger charge is -1.93. The summed E-state index contributed by atoms with van der Waals surface area (Å²) in [6.45, 7) is 13.6. The van der Waals surface area contributed by atoms with Gasteiger partial charge in [0.25, 0.3) is 0 Å². The molecule has 0 aliphatic rings. The summed E-state index contributed by atoms with van der Waals surface area (Å²) in [5.41, 5.74) is 1.97. The van der Waals surface area contributed by atoms with E-state index in [-0.39, 0.29) is 0 Å². The van der Waals surface area contributed by atoms with Crippen molar-refractivity contribution in [2.24, 2.45) is 0 Å². The van der Waals surface area contributed by atoms with Crippen LogP contribution in [0.1, 0.15) is 45.9 Å². The van der Waals surface area contributed by atoms with E-state index in [4.69, 9.17) is 0 Å². The van der Waals surface area contributed by atoms with Crippen LogP contribution in [0.15, 0.2) is 36.9 Å². The van der Waals surface area contributed by atoms with Gasteiger partial charge in [0.05, 0.1) is 11.2 Å². The fraction of sp³-hybridized carbons (Fsp3) is 0.294. The summed E-state index contributed by atoms with van der Waals surface area (Å²) in [5.74, 6) is 0. The van der Waals surface area contributed by atoms with Crippen molar-refractivity contribution in [2.45, 2.75) is 34.6 Å². The average Bonchev–Trinajstić information content (AvgIpc) is 2.77. The molecule has 0 spiro atoms. The molecule has 2 aromatic rings. The van der Waals surface area contributed by atoms with E-state index in [0.717, 1.165) is 10.9 Å². The SMILES string of the molecule is C=Cc1c(/C=C\C)n(F)c2ccccc12.CC.CC. The van der Waals surface area contributed by atoms with Crippen LogP contribution >= 0.6 is 0 Å². The Hall–Kier alpha value is -1.83. The molecule has 2 rings (SSSR count). The zero-order chi connectivity index (χ0) is 14.8. The molecule has 0 bridgehead atoms. The van der Waals surface area contributed by atoms with Gasteiger partial charge >= 0.3 is 0 Å². The number of halogens is 1. The molecule has 1 aromatic carbocycles. The Bertz CT molecular complexity index is 535. The fourth-order valence-electron chi connectivity index (χ4n) is 1.77. The first-order valence-electron chi connectivity index (χ1n) is 6.84. The van der Waals surface area contributed by atoms with Gasteiger partial charge in [-0.05, 0) is 19.1 Å². The number of aromatic nitrogens is 1. The van der Waals surface area contributed by atoms with E-state index in [1.807, 2.05) is 58.9 Å². The molecule has 1 nitrogen and oxygen atoms in total. The van der Waals surface area contributed by atoms with Crippen molar-refractivity contribution in [2.75, 3.05) is 0 Å². The summed E-state index contributed by atoms with van der Waals surface area (Å²) >= 11 is 0. The van der Waals surface area contributed by atoms with Gasteiger partial charge in [-0.3, -0.25) is 0 Å². The van der Waals surface area contributed by atoms with E-state index in [0.29, 0.717) is 16.0 Å². The molecular weight excluding hydrogens is 237 g/mol. The first-order chi connectivity index (χ1) is 9.29. The van der Waals surface area contributed by atoms with Crippen LogP contribution in [0.5, 0.6) is 0 Å². The van der Waals surface area contributed by atoms with Crippen LogP contribution in [0.2, 0.25) is 0 Å². The number of allylic oxidation sites excluding steroid dienone is 1. The maximum absolute atomic E-state index is 13.9. The predicted molar refractivity (Wildman–Crippen MR) is 85.9 cm³/mol. The third-order valence-corrected chi connectivity index (χ3v) is 2.42. The van der Waals surface area contributed by atoms with Crippen molar-refractivity contribution in [3.05, 3.63) is 48.2 Å². The van der Waals surface area contributed by atoms with Crippen LogP contribution in [0.4, 0.5) is 4.48 Å². The third kappa shape index (κ3) is 3.57.